The zero-order valence-electron chi connectivity index (χ0n) is 11.2. The number of hydrogen-bond acceptors (Lipinski definition) is 4. The van der Waals surface area contributed by atoms with Crippen molar-refractivity contribution in [2.75, 3.05) is 4.90 Å². The molecule has 0 unspecified atom stereocenters. The van der Waals surface area contributed by atoms with Gasteiger partial charge in [-0.1, -0.05) is 18.2 Å². The Morgan fingerprint density at radius 3 is 1.71 bits per heavy atom. The minimum atomic E-state index is -0.637. The maximum absolute atomic E-state index is 12.6. The summed E-state index contributed by atoms with van der Waals surface area (Å²) in [5.74, 6) is -3.22. The van der Waals surface area contributed by atoms with Crippen LogP contribution in [0.5, 0.6) is 0 Å². The highest BCUT2D eigenvalue weighted by Gasteiger charge is 2.63. The van der Waals surface area contributed by atoms with E-state index in [1.54, 1.807) is 30.3 Å². The first-order chi connectivity index (χ1) is 10.1. The van der Waals surface area contributed by atoms with E-state index in [1.165, 1.54) is 0 Å². The number of fused-ring (bicyclic) bond motifs is 2. The summed E-state index contributed by atoms with van der Waals surface area (Å²) in [4.78, 5) is 50.4. The molecule has 0 spiro atoms. The van der Waals surface area contributed by atoms with Crippen LogP contribution in [0.15, 0.2) is 30.3 Å². The summed E-state index contributed by atoms with van der Waals surface area (Å²) in [7, 11) is 0. The van der Waals surface area contributed by atoms with Crippen molar-refractivity contribution >= 4 is 29.1 Å². The molecule has 1 aliphatic heterocycles. The molecule has 1 saturated heterocycles. The van der Waals surface area contributed by atoms with E-state index in [0.717, 1.165) is 4.90 Å². The summed E-state index contributed by atoms with van der Waals surface area (Å²) in [6.45, 7) is 0. The van der Waals surface area contributed by atoms with Crippen molar-refractivity contribution in [1.82, 2.24) is 0 Å². The molecule has 3 aliphatic carbocycles. The molecule has 0 N–H and O–H groups in total. The first-order valence-corrected chi connectivity index (χ1v) is 7.08. The molecule has 21 heavy (non-hydrogen) atoms. The quantitative estimate of drug-likeness (QED) is 0.720. The zero-order chi connectivity index (χ0) is 14.7. The Hall–Kier alpha value is -2.30. The van der Waals surface area contributed by atoms with Crippen LogP contribution in [0, 0.1) is 23.7 Å². The van der Waals surface area contributed by atoms with Crippen LogP contribution in [0.4, 0.5) is 5.69 Å². The lowest BCUT2D eigenvalue weighted by Crippen LogP contribution is -2.51. The number of hydrogen-bond donors (Lipinski definition) is 0. The molecule has 2 amide bonds. The molecule has 1 aromatic carbocycles. The topological polar surface area (TPSA) is 71.5 Å². The molecule has 0 radical (unpaired) electrons. The van der Waals surface area contributed by atoms with Crippen molar-refractivity contribution in [2.45, 2.75) is 12.8 Å². The molecular weight excluding hydrogens is 270 g/mol. The second kappa shape index (κ2) is 4.10. The average Bonchev–Trinajstić information content (AvgIpc) is 2.74. The number of Topliss-reactive ketones (excluding diaryl/α,β-unsaturated/α-hetero) is 2. The Morgan fingerprint density at radius 2 is 1.24 bits per heavy atom. The van der Waals surface area contributed by atoms with Gasteiger partial charge in [0.2, 0.25) is 11.8 Å². The monoisotopic (exact) mass is 283 g/mol. The Labute approximate surface area is 120 Å². The Bertz CT molecular complexity index is 641. The first kappa shape index (κ1) is 12.4. The van der Waals surface area contributed by atoms with E-state index in [4.69, 9.17) is 0 Å². The van der Waals surface area contributed by atoms with Gasteiger partial charge in [-0.05, 0) is 12.1 Å². The number of carbonyl (C=O) groups excluding carboxylic acids is 4. The van der Waals surface area contributed by atoms with Crippen molar-refractivity contribution in [3.63, 3.8) is 0 Å². The van der Waals surface area contributed by atoms with E-state index in [-0.39, 0.29) is 36.2 Å². The second-order valence-electron chi connectivity index (χ2n) is 5.95. The van der Waals surface area contributed by atoms with Crippen LogP contribution in [0.2, 0.25) is 0 Å². The van der Waals surface area contributed by atoms with Crippen LogP contribution in [-0.4, -0.2) is 23.4 Å². The van der Waals surface area contributed by atoms with Crippen LogP contribution in [0.3, 0.4) is 0 Å². The number of amides is 2. The molecule has 5 rings (SSSR count). The van der Waals surface area contributed by atoms with Crippen molar-refractivity contribution in [3.05, 3.63) is 30.3 Å². The molecule has 106 valence electrons. The average molecular weight is 283 g/mol. The van der Waals surface area contributed by atoms with Gasteiger partial charge in [0, 0.05) is 24.7 Å². The maximum atomic E-state index is 12.6. The van der Waals surface area contributed by atoms with Crippen LogP contribution in [-0.2, 0) is 19.2 Å². The number of para-hydroxylation sites is 1. The number of anilines is 1. The highest BCUT2D eigenvalue weighted by Crippen LogP contribution is 2.50. The van der Waals surface area contributed by atoms with Gasteiger partial charge in [-0.3, -0.25) is 24.1 Å². The van der Waals surface area contributed by atoms with Gasteiger partial charge in [-0.25, -0.2) is 0 Å². The van der Waals surface area contributed by atoms with E-state index in [0.29, 0.717) is 5.69 Å². The number of nitrogens with zero attached hydrogens (tertiary/aromatic N) is 1. The zero-order valence-corrected chi connectivity index (χ0v) is 11.2. The smallest absolute Gasteiger partial charge is 0.238 e. The summed E-state index contributed by atoms with van der Waals surface area (Å²) >= 11 is 0. The number of benzene rings is 1. The normalized spacial score (nSPS) is 34.6. The summed E-state index contributed by atoms with van der Waals surface area (Å²) in [6, 6.07) is 8.70. The largest absolute Gasteiger partial charge is 0.299 e. The lowest BCUT2D eigenvalue weighted by Gasteiger charge is -2.40. The Balaban J connectivity index is 1.80. The molecule has 4 fully saturated rings. The van der Waals surface area contributed by atoms with Crippen molar-refractivity contribution < 1.29 is 19.2 Å². The predicted octanol–water partition coefficient (Wildman–Crippen LogP) is 0.970. The standard InChI is InChI=1S/C16H13NO4/c18-11-6-9-12(19)7-10(11)14-13(9)15(20)17(16(14)21)8-4-2-1-3-5-8/h1-5,9-10,13-14H,6-7H2/t9-,10-,13-,14-/m0/s1. The summed E-state index contributed by atoms with van der Waals surface area (Å²) in [5.41, 5.74) is 0.515. The lowest BCUT2D eigenvalue weighted by molar-refractivity contribution is -0.153. The van der Waals surface area contributed by atoms with Crippen molar-refractivity contribution in [3.8, 4) is 0 Å². The number of ketones is 2. The van der Waals surface area contributed by atoms with E-state index in [1.807, 2.05) is 0 Å². The fourth-order valence-electron chi connectivity index (χ4n) is 4.01. The van der Waals surface area contributed by atoms with Crippen molar-refractivity contribution in [1.29, 1.82) is 0 Å². The predicted molar refractivity (Wildman–Crippen MR) is 72.1 cm³/mol. The minimum Gasteiger partial charge on any atom is -0.299 e. The second-order valence-corrected chi connectivity index (χ2v) is 5.95. The lowest BCUT2D eigenvalue weighted by atomic mass is 9.58. The highest BCUT2D eigenvalue weighted by molar-refractivity contribution is 6.25. The van der Waals surface area contributed by atoms with E-state index < -0.39 is 23.7 Å². The van der Waals surface area contributed by atoms with Gasteiger partial charge in [-0.2, -0.15) is 0 Å². The third-order valence-corrected chi connectivity index (χ3v) is 4.95. The number of carbonyl (C=O) groups is 4. The third kappa shape index (κ3) is 1.51. The molecule has 5 heteroatoms. The van der Waals surface area contributed by atoms with E-state index in [2.05, 4.69) is 0 Å². The molecule has 1 heterocycles. The SMILES string of the molecule is O=C1C[C@H]2C(=O)C[C@@H]1[C@@H]1C(=O)N(c3ccccc3)C(=O)[C@H]12. The van der Waals surface area contributed by atoms with Crippen LogP contribution in [0.25, 0.3) is 0 Å². The van der Waals surface area contributed by atoms with Crippen LogP contribution < -0.4 is 4.90 Å². The maximum Gasteiger partial charge on any atom is 0.238 e. The van der Waals surface area contributed by atoms with Crippen molar-refractivity contribution in [2.24, 2.45) is 23.7 Å². The molecule has 1 aromatic rings. The van der Waals surface area contributed by atoms with Gasteiger partial charge in [0.15, 0.2) is 0 Å². The Kier molecular flexibility index (Phi) is 2.43. The fourth-order valence-corrected chi connectivity index (χ4v) is 4.01. The van der Waals surface area contributed by atoms with Crippen LogP contribution >= 0.6 is 0 Å². The van der Waals surface area contributed by atoms with Gasteiger partial charge in [0.05, 0.1) is 17.5 Å². The summed E-state index contributed by atoms with van der Waals surface area (Å²) in [5, 5.41) is 0. The molecule has 2 bridgehead atoms. The third-order valence-electron chi connectivity index (χ3n) is 4.95. The van der Waals surface area contributed by atoms with E-state index >= 15 is 0 Å². The Morgan fingerprint density at radius 1 is 0.762 bits per heavy atom. The molecular formula is C16H13NO4. The first-order valence-electron chi connectivity index (χ1n) is 7.08. The number of rotatable bonds is 1. The van der Waals surface area contributed by atoms with Gasteiger partial charge in [0.1, 0.15) is 11.6 Å². The number of imide groups is 1. The summed E-state index contributed by atoms with van der Waals surface area (Å²) < 4.78 is 0. The highest BCUT2D eigenvalue weighted by atomic mass is 16.2. The molecule has 5 nitrogen and oxygen atoms in total. The molecule has 0 aromatic heterocycles. The fraction of sp³-hybridized carbons (Fsp3) is 0.375. The van der Waals surface area contributed by atoms with Gasteiger partial charge < -0.3 is 0 Å². The van der Waals surface area contributed by atoms with Gasteiger partial charge in [-0.15, -0.1) is 0 Å². The van der Waals surface area contributed by atoms with E-state index in [9.17, 15) is 19.2 Å². The molecule has 4 aliphatic rings. The van der Waals surface area contributed by atoms with Crippen LogP contribution in [0.1, 0.15) is 12.8 Å². The summed E-state index contributed by atoms with van der Waals surface area (Å²) in [6.07, 6.45) is 0.235. The minimum absolute atomic E-state index is 0.0445. The molecule has 4 atom stereocenters. The van der Waals surface area contributed by atoms with Gasteiger partial charge in [0.25, 0.3) is 0 Å². The van der Waals surface area contributed by atoms with Gasteiger partial charge >= 0.3 is 0 Å². The molecule has 3 saturated carbocycles.